The maximum atomic E-state index is 10.3. The molecule has 4 heteroatoms. The third kappa shape index (κ3) is 3.36. The topological polar surface area (TPSA) is 38.7 Å². The van der Waals surface area contributed by atoms with Crippen molar-refractivity contribution in [2.24, 2.45) is 0 Å². The fraction of sp³-hybridized carbons (Fsp3) is 0.700. The second kappa shape index (κ2) is 6.06. The lowest BCUT2D eigenvalue weighted by molar-refractivity contribution is 0.0118. The van der Waals surface area contributed by atoms with Crippen LogP contribution in [0.15, 0.2) is 0 Å². The standard InChI is InChI=1S/C20H34O3Si/c1-13-14(2)18-16(15(3)17(13)21)10-11-20(7,23-18)12-22-24(8,9)19(4,5)6/h21H,10-12H2,1-9H3. The highest BCUT2D eigenvalue weighted by Crippen LogP contribution is 2.44. The van der Waals surface area contributed by atoms with Gasteiger partial charge in [-0.3, -0.25) is 0 Å². The van der Waals surface area contributed by atoms with Crippen LogP contribution in [0.4, 0.5) is 0 Å². The van der Waals surface area contributed by atoms with Gasteiger partial charge in [-0.05, 0) is 75.4 Å². The summed E-state index contributed by atoms with van der Waals surface area (Å²) < 4.78 is 12.9. The summed E-state index contributed by atoms with van der Waals surface area (Å²) in [6.07, 6.45) is 1.84. The Balaban J connectivity index is 2.26. The average Bonchev–Trinajstić information content (AvgIpc) is 2.48. The summed E-state index contributed by atoms with van der Waals surface area (Å²) in [4.78, 5) is 0. The summed E-state index contributed by atoms with van der Waals surface area (Å²) in [5.74, 6) is 1.37. The van der Waals surface area contributed by atoms with E-state index < -0.39 is 8.32 Å². The summed E-state index contributed by atoms with van der Waals surface area (Å²) in [5, 5.41) is 10.5. The highest BCUT2D eigenvalue weighted by atomic mass is 28.4. The van der Waals surface area contributed by atoms with Crippen LogP contribution >= 0.6 is 0 Å². The normalized spacial score (nSPS) is 21.4. The van der Waals surface area contributed by atoms with Crippen LogP contribution < -0.4 is 4.74 Å². The Bertz CT molecular complexity index is 644. The van der Waals surface area contributed by atoms with Gasteiger partial charge in [-0.1, -0.05) is 20.8 Å². The molecule has 0 radical (unpaired) electrons. The first-order chi connectivity index (χ1) is 10.8. The minimum atomic E-state index is -1.79. The van der Waals surface area contributed by atoms with Gasteiger partial charge in [0.1, 0.15) is 17.1 Å². The SMILES string of the molecule is Cc1c(C)c2c(c(C)c1O)CCC(C)(CO[Si](C)(C)C(C)(C)C)O2. The van der Waals surface area contributed by atoms with Crippen LogP contribution in [0, 0.1) is 20.8 Å². The number of phenolic OH excluding ortho intramolecular Hbond substituents is 1. The molecule has 0 bridgehead atoms. The monoisotopic (exact) mass is 350 g/mol. The Labute approximate surface area is 148 Å². The van der Waals surface area contributed by atoms with E-state index in [0.29, 0.717) is 12.4 Å². The molecule has 0 amide bonds. The van der Waals surface area contributed by atoms with Gasteiger partial charge in [0.05, 0.1) is 6.61 Å². The Morgan fingerprint density at radius 1 is 1.12 bits per heavy atom. The number of hydrogen-bond acceptors (Lipinski definition) is 3. The Hall–Kier alpha value is -1.00. The fourth-order valence-corrected chi connectivity index (χ4v) is 4.05. The van der Waals surface area contributed by atoms with E-state index in [-0.39, 0.29) is 10.6 Å². The molecule has 0 saturated carbocycles. The molecule has 1 atom stereocenters. The van der Waals surface area contributed by atoms with Gasteiger partial charge in [0, 0.05) is 5.56 Å². The first-order valence-electron chi connectivity index (χ1n) is 8.94. The summed E-state index contributed by atoms with van der Waals surface area (Å²) in [7, 11) is -1.79. The van der Waals surface area contributed by atoms with Crippen molar-refractivity contribution in [2.45, 2.75) is 85.0 Å². The van der Waals surface area contributed by atoms with Crippen LogP contribution in [-0.2, 0) is 10.8 Å². The number of hydrogen-bond donors (Lipinski definition) is 1. The second-order valence-corrected chi connectivity index (χ2v) is 13.9. The molecule has 1 aliphatic rings. The van der Waals surface area contributed by atoms with Crippen molar-refractivity contribution in [2.75, 3.05) is 6.61 Å². The van der Waals surface area contributed by atoms with Crippen LogP contribution in [0.3, 0.4) is 0 Å². The van der Waals surface area contributed by atoms with Gasteiger partial charge in [0.15, 0.2) is 8.32 Å². The van der Waals surface area contributed by atoms with E-state index in [1.54, 1.807) is 0 Å². The quantitative estimate of drug-likeness (QED) is 0.739. The van der Waals surface area contributed by atoms with Crippen molar-refractivity contribution in [1.29, 1.82) is 0 Å². The minimum absolute atomic E-state index is 0.199. The van der Waals surface area contributed by atoms with Crippen LogP contribution in [-0.4, -0.2) is 25.6 Å². The predicted molar refractivity (Wildman–Crippen MR) is 103 cm³/mol. The van der Waals surface area contributed by atoms with Gasteiger partial charge in [-0.25, -0.2) is 0 Å². The molecule has 1 N–H and O–H groups in total. The number of phenols is 1. The molecule has 136 valence electrons. The molecule has 0 saturated heterocycles. The molecule has 0 spiro atoms. The van der Waals surface area contributed by atoms with E-state index in [1.165, 1.54) is 0 Å². The van der Waals surface area contributed by atoms with E-state index >= 15 is 0 Å². The van der Waals surface area contributed by atoms with Crippen LogP contribution in [0.2, 0.25) is 18.1 Å². The van der Waals surface area contributed by atoms with Gasteiger partial charge in [0.2, 0.25) is 0 Å². The number of aromatic hydroxyl groups is 1. The molecule has 0 fully saturated rings. The maximum Gasteiger partial charge on any atom is 0.192 e. The number of ether oxygens (including phenoxy) is 1. The number of fused-ring (bicyclic) bond motifs is 1. The van der Waals surface area contributed by atoms with Gasteiger partial charge >= 0.3 is 0 Å². The Kier molecular flexibility index (Phi) is 4.88. The predicted octanol–water partition coefficient (Wildman–Crippen LogP) is 5.42. The summed E-state index contributed by atoms with van der Waals surface area (Å²) in [5.41, 5.74) is 3.77. The first kappa shape index (κ1) is 19.3. The van der Waals surface area contributed by atoms with Gasteiger partial charge < -0.3 is 14.3 Å². The summed E-state index contributed by atoms with van der Waals surface area (Å²) >= 11 is 0. The van der Waals surface area contributed by atoms with E-state index in [9.17, 15) is 5.11 Å². The van der Waals surface area contributed by atoms with Crippen molar-refractivity contribution in [3.05, 3.63) is 22.3 Å². The van der Waals surface area contributed by atoms with Crippen molar-refractivity contribution in [3.63, 3.8) is 0 Å². The van der Waals surface area contributed by atoms with Crippen molar-refractivity contribution in [1.82, 2.24) is 0 Å². The first-order valence-corrected chi connectivity index (χ1v) is 11.8. The lowest BCUT2D eigenvalue weighted by Crippen LogP contribution is -2.48. The lowest BCUT2D eigenvalue weighted by Gasteiger charge is -2.42. The van der Waals surface area contributed by atoms with Crippen molar-refractivity contribution >= 4 is 8.32 Å². The largest absolute Gasteiger partial charge is 0.507 e. The van der Waals surface area contributed by atoms with Gasteiger partial charge in [0.25, 0.3) is 0 Å². The lowest BCUT2D eigenvalue weighted by atomic mass is 9.87. The third-order valence-electron chi connectivity index (χ3n) is 6.14. The van der Waals surface area contributed by atoms with E-state index in [1.807, 2.05) is 20.8 Å². The zero-order chi connectivity index (χ0) is 18.5. The number of benzene rings is 1. The highest BCUT2D eigenvalue weighted by Gasteiger charge is 2.41. The molecule has 0 aliphatic carbocycles. The summed E-state index contributed by atoms with van der Waals surface area (Å²) in [6, 6.07) is 0. The molecular weight excluding hydrogens is 316 g/mol. The minimum Gasteiger partial charge on any atom is -0.507 e. The highest BCUT2D eigenvalue weighted by molar-refractivity contribution is 6.74. The van der Waals surface area contributed by atoms with Gasteiger partial charge in [-0.15, -0.1) is 0 Å². The molecular formula is C20H34O3Si. The molecule has 1 aromatic carbocycles. The summed E-state index contributed by atoms with van der Waals surface area (Å²) in [6.45, 7) is 20.1. The molecule has 24 heavy (non-hydrogen) atoms. The molecule has 0 aromatic heterocycles. The molecule has 1 heterocycles. The van der Waals surface area contributed by atoms with E-state index in [0.717, 1.165) is 40.8 Å². The molecule has 3 nitrogen and oxygen atoms in total. The third-order valence-corrected chi connectivity index (χ3v) is 10.6. The van der Waals surface area contributed by atoms with Crippen LogP contribution in [0.25, 0.3) is 0 Å². The smallest absolute Gasteiger partial charge is 0.192 e. The molecule has 1 unspecified atom stereocenters. The molecule has 1 aromatic rings. The average molecular weight is 351 g/mol. The second-order valence-electron chi connectivity index (χ2n) is 9.13. The van der Waals surface area contributed by atoms with E-state index in [2.05, 4.69) is 40.8 Å². The zero-order valence-electron chi connectivity index (χ0n) is 16.9. The molecule has 1 aliphatic heterocycles. The molecule has 2 rings (SSSR count). The fourth-order valence-electron chi connectivity index (χ4n) is 2.95. The van der Waals surface area contributed by atoms with Crippen LogP contribution in [0.5, 0.6) is 11.5 Å². The number of rotatable bonds is 3. The van der Waals surface area contributed by atoms with Crippen molar-refractivity contribution < 1.29 is 14.3 Å². The zero-order valence-corrected chi connectivity index (χ0v) is 17.9. The van der Waals surface area contributed by atoms with Gasteiger partial charge in [-0.2, -0.15) is 0 Å². The maximum absolute atomic E-state index is 10.3. The van der Waals surface area contributed by atoms with Crippen LogP contribution in [0.1, 0.15) is 56.4 Å². The Morgan fingerprint density at radius 2 is 1.71 bits per heavy atom. The Morgan fingerprint density at radius 3 is 2.25 bits per heavy atom. The van der Waals surface area contributed by atoms with E-state index in [4.69, 9.17) is 9.16 Å². The van der Waals surface area contributed by atoms with Crippen molar-refractivity contribution in [3.8, 4) is 11.5 Å².